The Morgan fingerprint density at radius 1 is 0.767 bits per heavy atom. The van der Waals surface area contributed by atoms with E-state index in [1.54, 1.807) is 38.2 Å². The normalized spacial score (nSPS) is 16.9. The average Bonchev–Trinajstić information content (AvgIpc) is 3.59. The second kappa shape index (κ2) is 12.3. The number of H-pyrrole nitrogens is 2. The minimum atomic E-state index is -1.20. The van der Waals surface area contributed by atoms with Gasteiger partial charge in [-0.25, -0.2) is 4.99 Å². The van der Waals surface area contributed by atoms with Crippen LogP contribution in [0, 0.1) is 13.8 Å². The molecule has 0 spiro atoms. The van der Waals surface area contributed by atoms with Gasteiger partial charge in [0.15, 0.2) is 0 Å². The molecule has 0 bridgehead atoms. The fraction of sp³-hybridized carbons (Fsp3) is 0.242. The van der Waals surface area contributed by atoms with Gasteiger partial charge in [0.05, 0.1) is 11.4 Å². The molecule has 0 atom stereocenters. The summed E-state index contributed by atoms with van der Waals surface area (Å²) >= 11 is 0. The molecule has 0 aliphatic carbocycles. The monoisotopic (exact) mass is 580 g/mol. The number of hydrogen-bond donors (Lipinski definition) is 3. The van der Waals surface area contributed by atoms with Crippen LogP contribution >= 0.6 is 0 Å². The van der Waals surface area contributed by atoms with E-state index in [4.69, 9.17) is 0 Å². The molecule has 2 aromatic heterocycles. The third-order valence-electron chi connectivity index (χ3n) is 7.85. The molecule has 10 heteroatoms. The van der Waals surface area contributed by atoms with Crippen LogP contribution in [0.5, 0.6) is 0 Å². The predicted octanol–water partition coefficient (Wildman–Crippen LogP) is 0.391. The van der Waals surface area contributed by atoms with Gasteiger partial charge in [-0.2, -0.15) is 0 Å². The van der Waals surface area contributed by atoms with Gasteiger partial charge in [0.1, 0.15) is 0 Å². The molecule has 2 aromatic rings. The Morgan fingerprint density at radius 2 is 1.40 bits per heavy atom. The number of hydrogen-bond acceptors (Lipinski definition) is 6. The summed E-state index contributed by atoms with van der Waals surface area (Å²) in [5.41, 5.74) is 7.62. The van der Waals surface area contributed by atoms with Gasteiger partial charge < -0.3 is 35.1 Å². The molecule has 2 aliphatic rings. The SMILES string of the molecule is C=CC1=C(C)C(C=c2[nH]c(=Cc3[nH]c(/C=C4/NC(=O)C(C)=C4C=C)c(C)c3CCC(=O)[O-])c(CCC(=O)[O-])c2C)=NC1=O. The van der Waals surface area contributed by atoms with Gasteiger partial charge in [0, 0.05) is 50.7 Å². The van der Waals surface area contributed by atoms with Gasteiger partial charge in [-0.3, -0.25) is 9.59 Å². The van der Waals surface area contributed by atoms with E-state index in [1.807, 2.05) is 13.8 Å². The van der Waals surface area contributed by atoms with Gasteiger partial charge in [-0.15, -0.1) is 0 Å². The Bertz CT molecular complexity index is 1860. The molecular weight excluding hydrogens is 548 g/mol. The van der Waals surface area contributed by atoms with Crippen molar-refractivity contribution in [2.24, 2.45) is 4.99 Å². The maximum Gasteiger partial charge on any atom is 0.277 e. The summed E-state index contributed by atoms with van der Waals surface area (Å²) < 4.78 is 0. The quantitative estimate of drug-likeness (QED) is 0.347. The van der Waals surface area contributed by atoms with Gasteiger partial charge in [-0.05, 0) is 99.4 Å². The van der Waals surface area contributed by atoms with Crippen molar-refractivity contribution in [1.29, 1.82) is 0 Å². The fourth-order valence-electron chi connectivity index (χ4n) is 5.33. The van der Waals surface area contributed by atoms with Crippen LogP contribution in [0.25, 0.3) is 18.2 Å². The van der Waals surface area contributed by atoms with Crippen molar-refractivity contribution >= 4 is 47.7 Å². The predicted molar refractivity (Wildman–Crippen MR) is 159 cm³/mol. The van der Waals surface area contributed by atoms with E-state index in [9.17, 15) is 29.4 Å². The van der Waals surface area contributed by atoms with Crippen molar-refractivity contribution in [2.75, 3.05) is 0 Å². The first-order valence-corrected chi connectivity index (χ1v) is 13.7. The number of carboxylic acids is 2. The summed E-state index contributed by atoms with van der Waals surface area (Å²) in [5, 5.41) is 26.8. The number of amides is 2. The summed E-state index contributed by atoms with van der Waals surface area (Å²) in [5.74, 6) is -3.00. The lowest BCUT2D eigenvalue weighted by molar-refractivity contribution is -0.307. The summed E-state index contributed by atoms with van der Waals surface area (Å²) in [7, 11) is 0. The number of rotatable bonds is 11. The van der Waals surface area contributed by atoms with Crippen molar-refractivity contribution in [1.82, 2.24) is 15.3 Å². The van der Waals surface area contributed by atoms with Crippen LogP contribution in [0.2, 0.25) is 0 Å². The largest absolute Gasteiger partial charge is 0.550 e. The van der Waals surface area contributed by atoms with Crippen molar-refractivity contribution < 1.29 is 29.4 Å². The molecule has 4 rings (SSSR count). The highest BCUT2D eigenvalue weighted by Crippen LogP contribution is 2.27. The number of nitrogens with zero attached hydrogens (tertiary/aromatic N) is 1. The van der Waals surface area contributed by atoms with Crippen molar-refractivity contribution in [2.45, 2.75) is 53.4 Å². The number of aromatic nitrogens is 2. The Kier molecular flexibility index (Phi) is 8.80. The Hall–Kier alpha value is -5.25. The summed E-state index contributed by atoms with van der Waals surface area (Å²) in [6.07, 6.45) is 8.30. The van der Waals surface area contributed by atoms with E-state index in [2.05, 4.69) is 33.4 Å². The standard InChI is InChI=1S/C33H34N4O6/c1-7-20-19(6)32(42)37-27(20)14-25-18(5)23(10-12-31(40)41)29(35-25)15-28-22(9-11-30(38)39)17(4)24(34-28)13-26-16(3)21(8-2)33(43)36-26/h7-8,13-15,34-35H,1-2,9-12H2,3-6H3,(H,37,42)(H,38,39)(H,40,41)/p-2/b24-13?,27-14+,28-15?. The third kappa shape index (κ3) is 6.18. The van der Waals surface area contributed by atoms with Crippen molar-refractivity contribution in [3.8, 4) is 0 Å². The third-order valence-corrected chi connectivity index (χ3v) is 7.85. The summed E-state index contributed by atoms with van der Waals surface area (Å²) in [6, 6.07) is 0. The summed E-state index contributed by atoms with van der Waals surface area (Å²) in [4.78, 5) is 58.1. The lowest BCUT2D eigenvalue weighted by atomic mass is 10.0. The highest BCUT2D eigenvalue weighted by molar-refractivity contribution is 6.31. The van der Waals surface area contributed by atoms with Gasteiger partial charge in [-0.1, -0.05) is 25.3 Å². The lowest BCUT2D eigenvalue weighted by Crippen LogP contribution is -2.23. The van der Waals surface area contributed by atoms with Crippen LogP contribution in [0.4, 0.5) is 0 Å². The minimum absolute atomic E-state index is 0.173. The van der Waals surface area contributed by atoms with E-state index >= 15 is 0 Å². The Balaban J connectivity index is 1.92. The van der Waals surface area contributed by atoms with Crippen LogP contribution in [-0.4, -0.2) is 39.4 Å². The van der Waals surface area contributed by atoms with E-state index in [-0.39, 0.29) is 37.5 Å². The number of nitrogens with one attached hydrogen (secondary N) is 3. The number of carbonyl (C=O) groups excluding carboxylic acids is 4. The molecule has 4 heterocycles. The molecule has 43 heavy (non-hydrogen) atoms. The van der Waals surface area contributed by atoms with E-state index < -0.39 is 11.9 Å². The molecule has 2 amide bonds. The zero-order valence-electron chi connectivity index (χ0n) is 24.5. The van der Waals surface area contributed by atoms with E-state index in [1.165, 1.54) is 6.08 Å². The second-order valence-electron chi connectivity index (χ2n) is 10.4. The lowest BCUT2D eigenvalue weighted by Gasteiger charge is -2.05. The topological polar surface area (TPSA) is 170 Å². The second-order valence-corrected chi connectivity index (χ2v) is 10.4. The van der Waals surface area contributed by atoms with Crippen molar-refractivity contribution in [3.63, 3.8) is 0 Å². The fourth-order valence-corrected chi connectivity index (χ4v) is 5.33. The number of carboxylic acid groups (broad SMARTS) is 2. The number of aliphatic carboxylic acids is 2. The summed E-state index contributed by atoms with van der Waals surface area (Å²) in [6.45, 7) is 14.7. The Morgan fingerprint density at radius 3 is 1.98 bits per heavy atom. The molecule has 0 radical (unpaired) electrons. The van der Waals surface area contributed by atoms with Crippen LogP contribution in [-0.2, 0) is 32.0 Å². The van der Waals surface area contributed by atoms with E-state index in [0.717, 1.165) is 22.3 Å². The molecular formula is C33H32N4O6-2. The van der Waals surface area contributed by atoms with Crippen LogP contribution in [0.1, 0.15) is 60.3 Å². The minimum Gasteiger partial charge on any atom is -0.550 e. The van der Waals surface area contributed by atoms with Gasteiger partial charge in [0.2, 0.25) is 0 Å². The average molecular weight is 581 g/mol. The first kappa shape index (κ1) is 30.7. The first-order chi connectivity index (χ1) is 20.4. The first-order valence-electron chi connectivity index (χ1n) is 13.7. The number of allylic oxidation sites excluding steroid dienone is 2. The van der Waals surface area contributed by atoms with Gasteiger partial charge in [0.25, 0.3) is 11.8 Å². The zero-order valence-corrected chi connectivity index (χ0v) is 24.5. The highest BCUT2D eigenvalue weighted by atomic mass is 16.4. The molecule has 0 unspecified atom stereocenters. The maximum absolute atomic E-state index is 12.3. The molecule has 0 fully saturated rings. The number of aromatic amines is 2. The molecule has 222 valence electrons. The molecule has 0 saturated heterocycles. The number of carbonyl (C=O) groups is 4. The smallest absolute Gasteiger partial charge is 0.277 e. The molecule has 10 nitrogen and oxygen atoms in total. The Labute approximate surface area is 248 Å². The van der Waals surface area contributed by atoms with Crippen LogP contribution in [0.15, 0.2) is 58.3 Å². The van der Waals surface area contributed by atoms with Crippen LogP contribution in [0.3, 0.4) is 0 Å². The zero-order chi connectivity index (χ0) is 31.6. The molecule has 0 aromatic carbocycles. The maximum atomic E-state index is 12.3. The van der Waals surface area contributed by atoms with E-state index in [0.29, 0.717) is 55.8 Å². The van der Waals surface area contributed by atoms with Gasteiger partial charge >= 0.3 is 0 Å². The highest BCUT2D eigenvalue weighted by Gasteiger charge is 2.23. The van der Waals surface area contributed by atoms with Crippen LogP contribution < -0.4 is 26.2 Å². The van der Waals surface area contributed by atoms with Crippen molar-refractivity contribution in [3.05, 3.63) is 97.6 Å². The molecule has 2 aliphatic heterocycles. The number of aliphatic imine (C=N–C) groups is 1. The molecule has 0 saturated carbocycles. The molecule has 3 N–H and O–H groups in total.